The van der Waals surface area contributed by atoms with Crippen molar-refractivity contribution >= 4 is 17.5 Å². The molecular formula is C22H29N3O3. The number of carbonyl (C=O) groups is 2. The molecule has 6 nitrogen and oxygen atoms in total. The van der Waals surface area contributed by atoms with Crippen LogP contribution in [-0.2, 0) is 0 Å². The van der Waals surface area contributed by atoms with Crippen LogP contribution in [0.15, 0.2) is 47.1 Å². The molecule has 2 amide bonds. The molecule has 1 aliphatic heterocycles. The molecule has 1 fully saturated rings. The van der Waals surface area contributed by atoms with Gasteiger partial charge >= 0.3 is 0 Å². The van der Waals surface area contributed by atoms with Crippen molar-refractivity contribution in [3.8, 4) is 0 Å². The number of likely N-dealkylation sites (tertiary alicyclic amines) is 1. The Morgan fingerprint density at radius 2 is 1.93 bits per heavy atom. The Morgan fingerprint density at radius 1 is 1.18 bits per heavy atom. The number of furan rings is 1. The summed E-state index contributed by atoms with van der Waals surface area (Å²) < 4.78 is 5.11. The molecule has 28 heavy (non-hydrogen) atoms. The van der Waals surface area contributed by atoms with Crippen LogP contribution in [0, 0.1) is 5.92 Å². The van der Waals surface area contributed by atoms with E-state index in [1.807, 2.05) is 29.2 Å². The maximum Gasteiger partial charge on any atom is 0.286 e. The topological polar surface area (TPSA) is 65.8 Å². The van der Waals surface area contributed by atoms with E-state index in [0.717, 1.165) is 43.7 Å². The fourth-order valence-electron chi connectivity index (χ4n) is 3.73. The smallest absolute Gasteiger partial charge is 0.286 e. The lowest BCUT2D eigenvalue weighted by molar-refractivity contribution is 0.0670. The van der Waals surface area contributed by atoms with Crippen molar-refractivity contribution in [2.45, 2.75) is 26.7 Å². The van der Waals surface area contributed by atoms with Gasteiger partial charge in [0.05, 0.1) is 6.26 Å². The van der Waals surface area contributed by atoms with Crippen LogP contribution in [0.2, 0.25) is 0 Å². The second kappa shape index (κ2) is 9.44. The van der Waals surface area contributed by atoms with Gasteiger partial charge in [-0.15, -0.1) is 0 Å². The van der Waals surface area contributed by atoms with Crippen LogP contribution in [-0.4, -0.2) is 49.4 Å². The monoisotopic (exact) mass is 383 g/mol. The molecule has 1 atom stereocenters. The van der Waals surface area contributed by atoms with Gasteiger partial charge in [-0.3, -0.25) is 9.59 Å². The standard InChI is InChI=1S/C22H29N3O3/c1-3-24(4-2)19-11-9-18(10-12-19)22(27)25-13-5-7-17(16-25)15-23-21(26)20-8-6-14-28-20/h6,8-12,14,17H,3-5,7,13,15-16H2,1-2H3,(H,23,26). The minimum atomic E-state index is -0.208. The van der Waals surface area contributed by atoms with E-state index in [0.29, 0.717) is 18.8 Å². The van der Waals surface area contributed by atoms with Crippen molar-refractivity contribution in [1.82, 2.24) is 10.2 Å². The zero-order valence-corrected chi connectivity index (χ0v) is 16.7. The molecule has 1 N–H and O–H groups in total. The van der Waals surface area contributed by atoms with Gasteiger partial charge in [-0.25, -0.2) is 0 Å². The average molecular weight is 383 g/mol. The van der Waals surface area contributed by atoms with Gasteiger partial charge in [0.1, 0.15) is 0 Å². The Labute approximate surface area is 166 Å². The number of nitrogens with one attached hydrogen (secondary N) is 1. The number of hydrogen-bond donors (Lipinski definition) is 1. The van der Waals surface area contributed by atoms with Crippen LogP contribution in [0.3, 0.4) is 0 Å². The van der Waals surface area contributed by atoms with Crippen LogP contribution in [0.25, 0.3) is 0 Å². The summed E-state index contributed by atoms with van der Waals surface area (Å²) in [6.07, 6.45) is 3.44. The maximum atomic E-state index is 12.9. The van der Waals surface area contributed by atoms with Crippen molar-refractivity contribution in [3.05, 3.63) is 54.0 Å². The highest BCUT2D eigenvalue weighted by molar-refractivity contribution is 5.94. The van der Waals surface area contributed by atoms with Gasteiger partial charge in [0, 0.05) is 44.0 Å². The summed E-state index contributed by atoms with van der Waals surface area (Å²) in [4.78, 5) is 29.1. The summed E-state index contributed by atoms with van der Waals surface area (Å²) in [6, 6.07) is 11.2. The lowest BCUT2D eigenvalue weighted by Gasteiger charge is -2.33. The molecule has 1 saturated heterocycles. The second-order valence-electron chi connectivity index (χ2n) is 7.17. The number of amides is 2. The Kier molecular flexibility index (Phi) is 6.74. The zero-order valence-electron chi connectivity index (χ0n) is 16.7. The highest BCUT2D eigenvalue weighted by Gasteiger charge is 2.25. The SMILES string of the molecule is CCN(CC)c1ccc(C(=O)N2CCCC(CNC(=O)c3ccco3)C2)cc1. The fraction of sp³-hybridized carbons (Fsp3) is 0.455. The van der Waals surface area contributed by atoms with Crippen molar-refractivity contribution in [1.29, 1.82) is 0 Å². The van der Waals surface area contributed by atoms with Crippen LogP contribution in [0.1, 0.15) is 47.6 Å². The molecule has 0 spiro atoms. The Hall–Kier alpha value is -2.76. The Bertz CT molecular complexity index is 767. The predicted molar refractivity (Wildman–Crippen MR) is 110 cm³/mol. The van der Waals surface area contributed by atoms with Gasteiger partial charge in [0.15, 0.2) is 5.76 Å². The van der Waals surface area contributed by atoms with Gasteiger partial charge in [0.25, 0.3) is 11.8 Å². The fourth-order valence-corrected chi connectivity index (χ4v) is 3.73. The summed E-state index contributed by atoms with van der Waals surface area (Å²) in [5.74, 6) is 0.428. The molecule has 2 aromatic rings. The molecule has 0 saturated carbocycles. The van der Waals surface area contributed by atoms with E-state index in [-0.39, 0.29) is 17.7 Å². The molecule has 0 bridgehead atoms. The Balaban J connectivity index is 1.56. The highest BCUT2D eigenvalue weighted by Crippen LogP contribution is 2.20. The summed E-state index contributed by atoms with van der Waals surface area (Å²) in [7, 11) is 0. The minimum absolute atomic E-state index is 0.0631. The summed E-state index contributed by atoms with van der Waals surface area (Å²) in [6.45, 7) is 8.11. The van der Waals surface area contributed by atoms with E-state index in [4.69, 9.17) is 4.42 Å². The number of piperidine rings is 1. The average Bonchev–Trinajstić information content (AvgIpc) is 3.28. The minimum Gasteiger partial charge on any atom is -0.459 e. The summed E-state index contributed by atoms with van der Waals surface area (Å²) >= 11 is 0. The predicted octanol–water partition coefficient (Wildman–Crippen LogP) is 3.41. The summed E-state index contributed by atoms with van der Waals surface area (Å²) in [5.41, 5.74) is 1.86. The van der Waals surface area contributed by atoms with Gasteiger partial charge in [0.2, 0.25) is 0 Å². The first-order valence-electron chi connectivity index (χ1n) is 10.1. The van der Waals surface area contributed by atoms with E-state index < -0.39 is 0 Å². The molecule has 1 aromatic heterocycles. The van der Waals surface area contributed by atoms with Crippen molar-refractivity contribution < 1.29 is 14.0 Å². The van der Waals surface area contributed by atoms with Crippen molar-refractivity contribution in [2.24, 2.45) is 5.92 Å². The van der Waals surface area contributed by atoms with E-state index in [2.05, 4.69) is 24.1 Å². The lowest BCUT2D eigenvalue weighted by Crippen LogP contribution is -2.43. The van der Waals surface area contributed by atoms with Gasteiger partial charge in [-0.05, 0) is 69.0 Å². The molecule has 2 heterocycles. The van der Waals surface area contributed by atoms with Crippen LogP contribution in [0.4, 0.5) is 5.69 Å². The van der Waals surface area contributed by atoms with E-state index >= 15 is 0 Å². The molecule has 1 aromatic carbocycles. The van der Waals surface area contributed by atoms with Gasteiger partial charge < -0.3 is 19.5 Å². The molecule has 6 heteroatoms. The van der Waals surface area contributed by atoms with Crippen molar-refractivity contribution in [3.63, 3.8) is 0 Å². The quantitative estimate of drug-likeness (QED) is 0.796. The number of hydrogen-bond acceptors (Lipinski definition) is 4. The van der Waals surface area contributed by atoms with Gasteiger partial charge in [-0.1, -0.05) is 0 Å². The number of nitrogens with zero attached hydrogens (tertiary/aromatic N) is 2. The third kappa shape index (κ3) is 4.74. The van der Waals surface area contributed by atoms with E-state index in [1.165, 1.54) is 6.26 Å². The first kappa shape index (κ1) is 20.0. The molecule has 1 aliphatic rings. The lowest BCUT2D eigenvalue weighted by atomic mass is 9.97. The molecule has 0 radical (unpaired) electrons. The highest BCUT2D eigenvalue weighted by atomic mass is 16.3. The normalized spacial score (nSPS) is 16.6. The number of carbonyl (C=O) groups excluding carboxylic acids is 2. The molecule has 3 rings (SSSR count). The molecule has 150 valence electrons. The first-order chi connectivity index (χ1) is 13.6. The summed E-state index contributed by atoms with van der Waals surface area (Å²) in [5, 5.41) is 2.91. The second-order valence-corrected chi connectivity index (χ2v) is 7.17. The molecular weight excluding hydrogens is 354 g/mol. The first-order valence-corrected chi connectivity index (χ1v) is 10.1. The van der Waals surface area contributed by atoms with E-state index in [1.54, 1.807) is 12.1 Å². The number of anilines is 1. The third-order valence-electron chi connectivity index (χ3n) is 5.35. The number of rotatable bonds is 7. The molecule has 1 unspecified atom stereocenters. The third-order valence-corrected chi connectivity index (χ3v) is 5.35. The maximum absolute atomic E-state index is 12.9. The van der Waals surface area contributed by atoms with E-state index in [9.17, 15) is 9.59 Å². The van der Waals surface area contributed by atoms with Crippen molar-refractivity contribution in [2.75, 3.05) is 37.6 Å². The van der Waals surface area contributed by atoms with Crippen LogP contribution >= 0.6 is 0 Å². The van der Waals surface area contributed by atoms with Gasteiger partial charge in [-0.2, -0.15) is 0 Å². The Morgan fingerprint density at radius 3 is 2.57 bits per heavy atom. The zero-order chi connectivity index (χ0) is 19.9. The number of benzene rings is 1. The molecule has 0 aliphatic carbocycles. The van der Waals surface area contributed by atoms with Crippen LogP contribution in [0.5, 0.6) is 0 Å². The largest absolute Gasteiger partial charge is 0.459 e. The van der Waals surface area contributed by atoms with Crippen LogP contribution < -0.4 is 10.2 Å².